The Kier molecular flexibility index (Phi) is 6.78. The van der Waals surface area contributed by atoms with Crippen molar-refractivity contribution in [1.29, 1.82) is 0 Å². The molecule has 1 aliphatic heterocycles. The van der Waals surface area contributed by atoms with Gasteiger partial charge in [0, 0.05) is 17.9 Å². The van der Waals surface area contributed by atoms with Crippen LogP contribution in [0, 0.1) is 0 Å². The van der Waals surface area contributed by atoms with Gasteiger partial charge in [-0.1, -0.05) is 63.6 Å². The number of rotatable bonds is 9. The van der Waals surface area contributed by atoms with E-state index < -0.39 is 0 Å². The topological polar surface area (TPSA) is 26.3 Å². The van der Waals surface area contributed by atoms with E-state index >= 15 is 0 Å². The molecular weight excluding hydrogens is 260 g/mol. The summed E-state index contributed by atoms with van der Waals surface area (Å²) in [5.41, 5.74) is 1.09. The van der Waals surface area contributed by atoms with Crippen LogP contribution < -0.4 is 4.74 Å². The normalized spacial score (nSPS) is 17.1. The van der Waals surface area contributed by atoms with Crippen molar-refractivity contribution in [2.45, 2.75) is 70.6 Å². The van der Waals surface area contributed by atoms with E-state index in [-0.39, 0.29) is 5.92 Å². The van der Waals surface area contributed by atoms with E-state index in [9.17, 15) is 4.79 Å². The maximum absolute atomic E-state index is 12.4. The van der Waals surface area contributed by atoms with Gasteiger partial charge in [-0.15, -0.1) is 0 Å². The summed E-state index contributed by atoms with van der Waals surface area (Å²) in [4.78, 5) is 12.4. The van der Waals surface area contributed by atoms with Crippen molar-refractivity contribution in [2.75, 3.05) is 6.61 Å². The van der Waals surface area contributed by atoms with Gasteiger partial charge >= 0.3 is 0 Å². The average molecular weight is 288 g/mol. The number of para-hydroxylation sites is 1. The lowest BCUT2D eigenvalue weighted by Crippen LogP contribution is -2.21. The highest BCUT2D eigenvalue weighted by molar-refractivity contribution is 5.86. The summed E-state index contributed by atoms with van der Waals surface area (Å²) in [6.07, 6.45) is 10.4. The van der Waals surface area contributed by atoms with E-state index in [1.54, 1.807) is 0 Å². The molecular formula is C19H28O2. The maximum Gasteiger partial charge on any atom is 0.140 e. The van der Waals surface area contributed by atoms with Gasteiger partial charge in [-0.3, -0.25) is 4.79 Å². The molecule has 0 saturated heterocycles. The molecule has 1 heterocycles. The fourth-order valence-electron chi connectivity index (χ4n) is 3.11. The highest BCUT2D eigenvalue weighted by Gasteiger charge is 2.26. The van der Waals surface area contributed by atoms with Gasteiger partial charge in [0.15, 0.2) is 0 Å². The lowest BCUT2D eigenvalue weighted by atomic mass is 9.87. The van der Waals surface area contributed by atoms with Crippen LogP contribution in [0.1, 0.15) is 76.2 Å². The summed E-state index contributed by atoms with van der Waals surface area (Å²) in [5, 5.41) is 0. The Morgan fingerprint density at radius 2 is 1.81 bits per heavy atom. The van der Waals surface area contributed by atoms with Crippen LogP contribution >= 0.6 is 0 Å². The third-order valence-corrected chi connectivity index (χ3v) is 4.37. The number of Topliss-reactive ketones (excluding diaryl/α,β-unsaturated/α-hetero) is 1. The SMILES string of the molecule is CCCCCCCCCC(=O)C1CCOc2ccccc21. The lowest BCUT2D eigenvalue weighted by Gasteiger charge is -2.24. The number of carbonyl (C=O) groups excluding carboxylic acids is 1. The molecule has 1 atom stereocenters. The van der Waals surface area contributed by atoms with Gasteiger partial charge < -0.3 is 4.74 Å². The monoisotopic (exact) mass is 288 g/mol. The molecule has 0 radical (unpaired) electrons. The summed E-state index contributed by atoms with van der Waals surface area (Å²) in [5.74, 6) is 1.37. The van der Waals surface area contributed by atoms with Crippen LogP contribution in [0.2, 0.25) is 0 Å². The Hall–Kier alpha value is -1.31. The number of ether oxygens (including phenoxy) is 1. The van der Waals surface area contributed by atoms with Crippen molar-refractivity contribution >= 4 is 5.78 Å². The van der Waals surface area contributed by atoms with E-state index in [0.29, 0.717) is 12.4 Å². The molecule has 116 valence electrons. The van der Waals surface area contributed by atoms with E-state index in [0.717, 1.165) is 30.6 Å². The highest BCUT2D eigenvalue weighted by Crippen LogP contribution is 2.34. The molecule has 21 heavy (non-hydrogen) atoms. The highest BCUT2D eigenvalue weighted by atomic mass is 16.5. The molecule has 0 fully saturated rings. The zero-order valence-corrected chi connectivity index (χ0v) is 13.3. The zero-order chi connectivity index (χ0) is 14.9. The van der Waals surface area contributed by atoms with Crippen molar-refractivity contribution in [2.24, 2.45) is 0 Å². The molecule has 1 aromatic carbocycles. The molecule has 2 nitrogen and oxygen atoms in total. The lowest BCUT2D eigenvalue weighted by molar-refractivity contribution is -0.121. The minimum Gasteiger partial charge on any atom is -0.493 e. The fourth-order valence-corrected chi connectivity index (χ4v) is 3.11. The van der Waals surface area contributed by atoms with Crippen molar-refractivity contribution < 1.29 is 9.53 Å². The molecule has 0 N–H and O–H groups in total. The Morgan fingerprint density at radius 1 is 1.10 bits per heavy atom. The third-order valence-electron chi connectivity index (χ3n) is 4.37. The summed E-state index contributed by atoms with van der Waals surface area (Å²) < 4.78 is 5.63. The van der Waals surface area contributed by atoms with Crippen LogP contribution in [0.3, 0.4) is 0 Å². The Balaban J connectivity index is 1.72. The van der Waals surface area contributed by atoms with E-state index in [1.165, 1.54) is 38.5 Å². The van der Waals surface area contributed by atoms with E-state index in [4.69, 9.17) is 4.74 Å². The summed E-state index contributed by atoms with van der Waals surface area (Å²) in [6.45, 7) is 2.91. The van der Waals surface area contributed by atoms with Crippen LogP contribution in [-0.4, -0.2) is 12.4 Å². The van der Waals surface area contributed by atoms with Gasteiger partial charge in [0.2, 0.25) is 0 Å². The second kappa shape index (κ2) is 8.86. The Morgan fingerprint density at radius 3 is 2.62 bits per heavy atom. The van der Waals surface area contributed by atoms with Crippen LogP contribution in [0.4, 0.5) is 0 Å². The Bertz CT molecular complexity index is 439. The number of hydrogen-bond donors (Lipinski definition) is 0. The molecule has 2 heteroatoms. The fraction of sp³-hybridized carbons (Fsp3) is 0.632. The van der Waals surface area contributed by atoms with E-state index in [2.05, 4.69) is 6.92 Å². The van der Waals surface area contributed by atoms with Crippen molar-refractivity contribution in [3.8, 4) is 5.75 Å². The minimum atomic E-state index is 0.0649. The number of benzene rings is 1. The summed E-state index contributed by atoms with van der Waals surface area (Å²) in [7, 11) is 0. The number of ketones is 1. The average Bonchev–Trinajstić information content (AvgIpc) is 2.53. The molecule has 2 rings (SSSR count). The smallest absolute Gasteiger partial charge is 0.140 e. The molecule has 1 unspecified atom stereocenters. The number of unbranched alkanes of at least 4 members (excludes halogenated alkanes) is 6. The predicted molar refractivity (Wildman–Crippen MR) is 86.9 cm³/mol. The summed E-state index contributed by atoms with van der Waals surface area (Å²) >= 11 is 0. The number of fused-ring (bicyclic) bond motifs is 1. The minimum absolute atomic E-state index is 0.0649. The van der Waals surface area contributed by atoms with Crippen LogP contribution in [0.15, 0.2) is 24.3 Å². The first-order valence-electron chi connectivity index (χ1n) is 8.57. The molecule has 1 aromatic rings. The Labute approximate surface area is 128 Å². The molecule has 0 saturated carbocycles. The van der Waals surface area contributed by atoms with Gasteiger partial charge in [0.25, 0.3) is 0 Å². The van der Waals surface area contributed by atoms with Gasteiger partial charge in [-0.25, -0.2) is 0 Å². The molecule has 0 amide bonds. The van der Waals surface area contributed by atoms with Crippen molar-refractivity contribution in [3.63, 3.8) is 0 Å². The zero-order valence-electron chi connectivity index (χ0n) is 13.3. The first-order chi connectivity index (χ1) is 10.3. The molecule has 0 spiro atoms. The molecule has 0 bridgehead atoms. The predicted octanol–water partition coefficient (Wildman–Crippen LogP) is 5.26. The van der Waals surface area contributed by atoms with Gasteiger partial charge in [0.05, 0.1) is 6.61 Å². The molecule has 0 aliphatic carbocycles. The quantitative estimate of drug-likeness (QED) is 0.579. The van der Waals surface area contributed by atoms with Crippen molar-refractivity contribution in [1.82, 2.24) is 0 Å². The van der Waals surface area contributed by atoms with Gasteiger partial charge in [-0.05, 0) is 18.9 Å². The second-order valence-corrected chi connectivity index (χ2v) is 6.07. The standard InChI is InChI=1S/C19H28O2/c1-2-3-4-5-6-7-8-12-18(20)16-14-15-21-19-13-10-9-11-17(16)19/h9-11,13,16H,2-8,12,14-15H2,1H3. The number of hydrogen-bond acceptors (Lipinski definition) is 2. The first-order valence-corrected chi connectivity index (χ1v) is 8.57. The largest absolute Gasteiger partial charge is 0.493 e. The maximum atomic E-state index is 12.4. The van der Waals surface area contributed by atoms with Crippen LogP contribution in [0.5, 0.6) is 5.75 Å². The molecule has 1 aliphatic rings. The third kappa shape index (κ3) is 4.87. The van der Waals surface area contributed by atoms with Crippen molar-refractivity contribution in [3.05, 3.63) is 29.8 Å². The molecule has 0 aromatic heterocycles. The van der Waals surface area contributed by atoms with Crippen LogP contribution in [0.25, 0.3) is 0 Å². The number of carbonyl (C=O) groups is 1. The van der Waals surface area contributed by atoms with Crippen LogP contribution in [-0.2, 0) is 4.79 Å². The summed E-state index contributed by atoms with van der Waals surface area (Å²) in [6, 6.07) is 7.99. The van der Waals surface area contributed by atoms with E-state index in [1.807, 2.05) is 24.3 Å². The second-order valence-electron chi connectivity index (χ2n) is 6.07. The van der Waals surface area contributed by atoms with Gasteiger partial charge in [-0.2, -0.15) is 0 Å². The van der Waals surface area contributed by atoms with Gasteiger partial charge in [0.1, 0.15) is 11.5 Å². The first kappa shape index (κ1) is 16.1.